The summed E-state index contributed by atoms with van der Waals surface area (Å²) < 4.78 is 0.997. The standard InChI is InChI=1S/C11H14BrClN2/c12-8-6-9(14)11(13)15-10(8)7-4-2-1-3-5-7/h6-7H,1-5,14H2. The number of pyridine rings is 1. The van der Waals surface area contributed by atoms with Crippen LogP contribution in [0.2, 0.25) is 5.15 Å². The SMILES string of the molecule is Nc1cc(Br)c(C2CCCCC2)nc1Cl. The van der Waals surface area contributed by atoms with Crippen molar-refractivity contribution in [2.24, 2.45) is 0 Å². The van der Waals surface area contributed by atoms with Gasteiger partial charge in [-0.3, -0.25) is 0 Å². The Hall–Kier alpha value is -0.280. The second kappa shape index (κ2) is 4.71. The van der Waals surface area contributed by atoms with Crippen molar-refractivity contribution in [2.75, 3.05) is 5.73 Å². The van der Waals surface area contributed by atoms with Crippen molar-refractivity contribution in [1.82, 2.24) is 4.98 Å². The molecule has 2 nitrogen and oxygen atoms in total. The van der Waals surface area contributed by atoms with Crippen LogP contribution in [0.5, 0.6) is 0 Å². The molecule has 0 aliphatic heterocycles. The summed E-state index contributed by atoms with van der Waals surface area (Å²) in [4.78, 5) is 4.39. The average Bonchev–Trinajstić information content (AvgIpc) is 2.25. The maximum absolute atomic E-state index is 5.95. The van der Waals surface area contributed by atoms with Crippen molar-refractivity contribution in [2.45, 2.75) is 38.0 Å². The third-order valence-electron chi connectivity index (χ3n) is 2.98. The van der Waals surface area contributed by atoms with Crippen LogP contribution in [0.1, 0.15) is 43.7 Å². The molecule has 1 aliphatic rings. The number of hydrogen-bond acceptors (Lipinski definition) is 2. The largest absolute Gasteiger partial charge is 0.396 e. The Balaban J connectivity index is 2.30. The van der Waals surface area contributed by atoms with E-state index in [2.05, 4.69) is 20.9 Å². The van der Waals surface area contributed by atoms with Gasteiger partial charge in [0.25, 0.3) is 0 Å². The first-order valence-corrected chi connectivity index (χ1v) is 6.47. The van der Waals surface area contributed by atoms with E-state index in [0.29, 0.717) is 16.8 Å². The fourth-order valence-corrected chi connectivity index (χ4v) is 2.96. The Morgan fingerprint density at radius 3 is 2.67 bits per heavy atom. The Bertz CT molecular complexity index is 362. The van der Waals surface area contributed by atoms with E-state index in [1.807, 2.05) is 6.07 Å². The summed E-state index contributed by atoms with van der Waals surface area (Å²) >= 11 is 9.46. The van der Waals surface area contributed by atoms with Crippen LogP contribution in [0.25, 0.3) is 0 Å². The number of aromatic nitrogens is 1. The highest BCUT2D eigenvalue weighted by molar-refractivity contribution is 9.10. The molecule has 1 aromatic rings. The van der Waals surface area contributed by atoms with Gasteiger partial charge in [-0.05, 0) is 34.8 Å². The van der Waals surface area contributed by atoms with E-state index in [4.69, 9.17) is 17.3 Å². The van der Waals surface area contributed by atoms with E-state index in [0.717, 1.165) is 10.2 Å². The molecule has 2 N–H and O–H groups in total. The van der Waals surface area contributed by atoms with Gasteiger partial charge in [0.2, 0.25) is 0 Å². The molecule has 0 atom stereocenters. The minimum atomic E-state index is 0.429. The summed E-state index contributed by atoms with van der Waals surface area (Å²) in [6.45, 7) is 0. The minimum absolute atomic E-state index is 0.429. The molecule has 82 valence electrons. The third-order valence-corrected chi connectivity index (χ3v) is 3.91. The molecule has 0 amide bonds. The first-order valence-electron chi connectivity index (χ1n) is 5.30. The summed E-state index contributed by atoms with van der Waals surface area (Å²) in [6, 6.07) is 1.86. The molecular formula is C11H14BrClN2. The molecule has 0 radical (unpaired) electrons. The lowest BCUT2D eigenvalue weighted by atomic mass is 9.87. The van der Waals surface area contributed by atoms with E-state index in [1.165, 1.54) is 32.1 Å². The monoisotopic (exact) mass is 288 g/mol. The van der Waals surface area contributed by atoms with Crippen molar-refractivity contribution in [1.29, 1.82) is 0 Å². The number of anilines is 1. The van der Waals surface area contributed by atoms with Crippen LogP contribution in [0.3, 0.4) is 0 Å². The minimum Gasteiger partial charge on any atom is -0.396 e. The highest BCUT2D eigenvalue weighted by Gasteiger charge is 2.20. The third kappa shape index (κ3) is 2.45. The van der Waals surface area contributed by atoms with Gasteiger partial charge in [0.1, 0.15) is 0 Å². The Morgan fingerprint density at radius 1 is 1.33 bits per heavy atom. The Kier molecular flexibility index (Phi) is 3.52. The summed E-state index contributed by atoms with van der Waals surface area (Å²) in [6.07, 6.45) is 6.36. The topological polar surface area (TPSA) is 38.9 Å². The molecule has 4 heteroatoms. The van der Waals surface area contributed by atoms with Gasteiger partial charge in [-0.15, -0.1) is 0 Å². The average molecular weight is 290 g/mol. The second-order valence-corrected chi connectivity index (χ2v) is 5.28. The molecule has 1 fully saturated rings. The number of hydrogen-bond donors (Lipinski definition) is 1. The molecular weight excluding hydrogens is 275 g/mol. The lowest BCUT2D eigenvalue weighted by Gasteiger charge is -2.22. The van der Waals surface area contributed by atoms with Crippen molar-refractivity contribution in [3.63, 3.8) is 0 Å². The quantitative estimate of drug-likeness (QED) is 0.790. The lowest BCUT2D eigenvalue weighted by Crippen LogP contribution is -2.08. The predicted molar refractivity (Wildman–Crippen MR) is 67.2 cm³/mol. The maximum atomic E-state index is 5.95. The molecule has 1 heterocycles. The second-order valence-electron chi connectivity index (χ2n) is 4.07. The summed E-state index contributed by atoms with van der Waals surface area (Å²) in [5.74, 6) is 0.547. The molecule has 0 aromatic carbocycles. The zero-order valence-corrected chi connectivity index (χ0v) is 10.8. The van der Waals surface area contributed by atoms with E-state index in [-0.39, 0.29) is 0 Å². The highest BCUT2D eigenvalue weighted by atomic mass is 79.9. The van der Waals surface area contributed by atoms with Gasteiger partial charge in [0.05, 0.1) is 11.4 Å². The predicted octanol–water partition coefficient (Wildman–Crippen LogP) is 4.13. The highest BCUT2D eigenvalue weighted by Crippen LogP contribution is 2.37. The number of halogens is 2. The van der Waals surface area contributed by atoms with Crippen molar-refractivity contribution in [3.8, 4) is 0 Å². The zero-order chi connectivity index (χ0) is 10.8. The molecule has 15 heavy (non-hydrogen) atoms. The Labute approximate surface area is 103 Å². The molecule has 1 aromatic heterocycles. The molecule has 0 saturated heterocycles. The molecule has 0 unspecified atom stereocenters. The van der Waals surface area contributed by atoms with Crippen LogP contribution in [-0.4, -0.2) is 4.98 Å². The molecule has 1 aliphatic carbocycles. The van der Waals surface area contributed by atoms with Gasteiger partial charge in [-0.25, -0.2) is 4.98 Å². The normalized spacial score (nSPS) is 18.0. The number of rotatable bonds is 1. The fourth-order valence-electron chi connectivity index (χ4n) is 2.16. The van der Waals surface area contributed by atoms with Gasteiger partial charge in [-0.2, -0.15) is 0 Å². The van der Waals surface area contributed by atoms with Crippen LogP contribution < -0.4 is 5.73 Å². The van der Waals surface area contributed by atoms with Crippen molar-refractivity contribution in [3.05, 3.63) is 21.4 Å². The summed E-state index contributed by atoms with van der Waals surface area (Å²) in [5.41, 5.74) is 7.32. The number of nitrogens with two attached hydrogens (primary N) is 1. The number of nitrogen functional groups attached to an aromatic ring is 1. The maximum Gasteiger partial charge on any atom is 0.152 e. The van der Waals surface area contributed by atoms with Crippen LogP contribution in [0, 0.1) is 0 Å². The van der Waals surface area contributed by atoms with E-state index in [1.54, 1.807) is 0 Å². The molecule has 0 bridgehead atoms. The first kappa shape index (κ1) is 11.2. The van der Waals surface area contributed by atoms with E-state index in [9.17, 15) is 0 Å². The smallest absolute Gasteiger partial charge is 0.152 e. The van der Waals surface area contributed by atoms with Gasteiger partial charge >= 0.3 is 0 Å². The van der Waals surface area contributed by atoms with Crippen LogP contribution in [-0.2, 0) is 0 Å². The van der Waals surface area contributed by atoms with Gasteiger partial charge in [0, 0.05) is 10.4 Å². The summed E-state index contributed by atoms with van der Waals surface area (Å²) in [5, 5.41) is 0.429. The van der Waals surface area contributed by atoms with Gasteiger partial charge in [0.15, 0.2) is 5.15 Å². The van der Waals surface area contributed by atoms with E-state index < -0.39 is 0 Å². The molecule has 2 rings (SSSR count). The molecule has 0 spiro atoms. The van der Waals surface area contributed by atoms with E-state index >= 15 is 0 Å². The Morgan fingerprint density at radius 2 is 2.00 bits per heavy atom. The van der Waals surface area contributed by atoms with Crippen molar-refractivity contribution >= 4 is 33.2 Å². The first-order chi connectivity index (χ1) is 7.18. The van der Waals surface area contributed by atoms with Crippen LogP contribution >= 0.6 is 27.5 Å². The van der Waals surface area contributed by atoms with Crippen molar-refractivity contribution < 1.29 is 0 Å². The van der Waals surface area contributed by atoms with Gasteiger partial charge in [-0.1, -0.05) is 30.9 Å². The number of nitrogens with zero attached hydrogens (tertiary/aromatic N) is 1. The van der Waals surface area contributed by atoms with Gasteiger partial charge < -0.3 is 5.73 Å². The summed E-state index contributed by atoms with van der Waals surface area (Å²) in [7, 11) is 0. The lowest BCUT2D eigenvalue weighted by molar-refractivity contribution is 0.435. The van der Waals surface area contributed by atoms with Crippen LogP contribution in [0.4, 0.5) is 5.69 Å². The fraction of sp³-hybridized carbons (Fsp3) is 0.545. The zero-order valence-electron chi connectivity index (χ0n) is 8.47. The molecule has 1 saturated carbocycles. The van der Waals surface area contributed by atoms with Crippen LogP contribution in [0.15, 0.2) is 10.5 Å².